The molecule has 0 spiro atoms. The van der Waals surface area contributed by atoms with Crippen molar-refractivity contribution in [2.45, 2.75) is 51.0 Å². The Bertz CT molecular complexity index is 813. The number of nitrogens with two attached hydrogens (primary N) is 1. The van der Waals surface area contributed by atoms with Gasteiger partial charge in [-0.1, -0.05) is 43.7 Å². The van der Waals surface area contributed by atoms with Crippen LogP contribution < -0.4 is 11.1 Å². The molecule has 1 aromatic carbocycles. The Morgan fingerprint density at radius 2 is 1.96 bits per heavy atom. The summed E-state index contributed by atoms with van der Waals surface area (Å²) < 4.78 is 0. The fraction of sp³-hybridized carbons (Fsp3) is 0.476. The first-order chi connectivity index (χ1) is 13.5. The van der Waals surface area contributed by atoms with Crippen molar-refractivity contribution in [2.75, 3.05) is 18.8 Å². The summed E-state index contributed by atoms with van der Waals surface area (Å²) >= 11 is 1.46. The van der Waals surface area contributed by atoms with Crippen molar-refractivity contribution < 1.29 is 9.59 Å². The van der Waals surface area contributed by atoms with Crippen molar-refractivity contribution in [3.63, 3.8) is 0 Å². The first-order valence-corrected chi connectivity index (χ1v) is 10.7. The van der Waals surface area contributed by atoms with E-state index in [9.17, 15) is 9.59 Å². The van der Waals surface area contributed by atoms with Gasteiger partial charge in [0.25, 0.3) is 0 Å². The molecule has 1 unspecified atom stereocenters. The van der Waals surface area contributed by atoms with Crippen LogP contribution in [0.3, 0.4) is 0 Å². The molecule has 1 aliphatic heterocycles. The third kappa shape index (κ3) is 4.19. The van der Waals surface area contributed by atoms with Gasteiger partial charge in [0.05, 0.1) is 5.69 Å². The van der Waals surface area contributed by atoms with Gasteiger partial charge in [-0.2, -0.15) is 0 Å². The van der Waals surface area contributed by atoms with Gasteiger partial charge in [0.1, 0.15) is 6.04 Å². The van der Waals surface area contributed by atoms with Crippen molar-refractivity contribution in [3.8, 4) is 0 Å². The number of likely N-dealkylation sites (tertiary alicyclic amines) is 1. The van der Waals surface area contributed by atoms with E-state index < -0.39 is 6.04 Å². The second kappa shape index (κ2) is 8.73. The van der Waals surface area contributed by atoms with Crippen LogP contribution in [-0.4, -0.2) is 40.8 Å². The molecule has 0 aliphatic carbocycles. The first kappa shape index (κ1) is 20.3. The van der Waals surface area contributed by atoms with Gasteiger partial charge in [-0.25, -0.2) is 4.98 Å². The van der Waals surface area contributed by atoms with E-state index in [1.54, 1.807) is 0 Å². The summed E-state index contributed by atoms with van der Waals surface area (Å²) in [5.74, 6) is -0.156. The van der Waals surface area contributed by atoms with E-state index in [2.05, 4.69) is 22.4 Å². The van der Waals surface area contributed by atoms with Crippen molar-refractivity contribution in [1.29, 1.82) is 0 Å². The lowest BCUT2D eigenvalue weighted by molar-refractivity contribution is -0.137. The topological polar surface area (TPSA) is 88.3 Å². The maximum Gasteiger partial charge on any atom is 0.245 e. The SMILES string of the molecule is CCCC(NC(C)=O)C(=O)N1CCC(c2ccccc2)(c2csc(N)n2)CC1. The van der Waals surface area contributed by atoms with Crippen LogP contribution in [0, 0.1) is 0 Å². The predicted molar refractivity (Wildman–Crippen MR) is 112 cm³/mol. The minimum absolute atomic E-state index is 0.0107. The van der Waals surface area contributed by atoms with Crippen LogP contribution in [-0.2, 0) is 15.0 Å². The molecular weight excluding hydrogens is 372 g/mol. The highest BCUT2D eigenvalue weighted by molar-refractivity contribution is 7.13. The van der Waals surface area contributed by atoms with Crippen LogP contribution in [0.1, 0.15) is 50.8 Å². The van der Waals surface area contributed by atoms with E-state index >= 15 is 0 Å². The molecule has 1 aliphatic rings. The number of hydrogen-bond donors (Lipinski definition) is 2. The van der Waals surface area contributed by atoms with Gasteiger partial charge in [-0.3, -0.25) is 9.59 Å². The molecule has 1 saturated heterocycles. The summed E-state index contributed by atoms with van der Waals surface area (Å²) in [6, 6.07) is 9.90. The molecule has 2 amide bonds. The fourth-order valence-electron chi connectivity index (χ4n) is 4.08. The lowest BCUT2D eigenvalue weighted by Gasteiger charge is -2.42. The number of nitrogens with zero attached hydrogens (tertiary/aromatic N) is 2. The van der Waals surface area contributed by atoms with E-state index in [1.807, 2.05) is 35.4 Å². The normalized spacial score (nSPS) is 17.1. The molecule has 6 nitrogen and oxygen atoms in total. The number of amides is 2. The van der Waals surface area contributed by atoms with E-state index in [0.29, 0.717) is 24.6 Å². The molecule has 1 fully saturated rings. The van der Waals surface area contributed by atoms with Crippen molar-refractivity contribution in [1.82, 2.24) is 15.2 Å². The number of carbonyl (C=O) groups excluding carboxylic acids is 2. The summed E-state index contributed by atoms with van der Waals surface area (Å²) in [7, 11) is 0. The Morgan fingerprint density at radius 3 is 2.50 bits per heavy atom. The van der Waals surface area contributed by atoms with E-state index in [4.69, 9.17) is 5.73 Å². The van der Waals surface area contributed by atoms with Crippen LogP contribution in [0.5, 0.6) is 0 Å². The number of anilines is 1. The Balaban J connectivity index is 1.81. The standard InChI is InChI=1S/C21H28N4O2S/c1-3-7-17(23-15(2)26)19(27)25-12-10-21(11-13-25,16-8-5-4-6-9-16)18-14-28-20(22)24-18/h4-6,8-9,14,17H,3,7,10-13H2,1-2H3,(H2,22,24)(H,23,26). The third-order valence-corrected chi connectivity index (χ3v) is 6.19. The van der Waals surface area contributed by atoms with Crippen LogP contribution in [0.15, 0.2) is 35.7 Å². The molecular formula is C21H28N4O2S. The van der Waals surface area contributed by atoms with Gasteiger partial charge in [-0.15, -0.1) is 11.3 Å². The zero-order chi connectivity index (χ0) is 20.1. The number of rotatable bonds is 6. The van der Waals surface area contributed by atoms with Crippen LogP contribution in [0.2, 0.25) is 0 Å². The molecule has 28 heavy (non-hydrogen) atoms. The number of nitrogens with one attached hydrogen (secondary N) is 1. The molecule has 0 bridgehead atoms. The molecule has 150 valence electrons. The van der Waals surface area contributed by atoms with Crippen LogP contribution in [0.25, 0.3) is 0 Å². The Labute approximate surface area is 170 Å². The van der Waals surface area contributed by atoms with Gasteiger partial charge in [0.15, 0.2) is 5.13 Å². The Morgan fingerprint density at radius 1 is 1.29 bits per heavy atom. The monoisotopic (exact) mass is 400 g/mol. The summed E-state index contributed by atoms with van der Waals surface area (Å²) in [4.78, 5) is 31.0. The lowest BCUT2D eigenvalue weighted by atomic mass is 9.70. The van der Waals surface area contributed by atoms with Crippen molar-refractivity contribution in [2.24, 2.45) is 0 Å². The molecule has 0 radical (unpaired) electrons. The van der Waals surface area contributed by atoms with Crippen LogP contribution >= 0.6 is 11.3 Å². The molecule has 3 rings (SSSR count). The zero-order valence-electron chi connectivity index (χ0n) is 16.5. The summed E-state index contributed by atoms with van der Waals surface area (Å²) in [5.41, 5.74) is 7.88. The minimum Gasteiger partial charge on any atom is -0.375 e. The molecule has 3 N–H and O–H groups in total. The van der Waals surface area contributed by atoms with E-state index in [0.717, 1.165) is 25.0 Å². The van der Waals surface area contributed by atoms with Gasteiger partial charge < -0.3 is 16.0 Å². The minimum atomic E-state index is -0.443. The largest absolute Gasteiger partial charge is 0.375 e. The van der Waals surface area contributed by atoms with Gasteiger partial charge in [0.2, 0.25) is 11.8 Å². The number of benzene rings is 1. The molecule has 1 atom stereocenters. The summed E-state index contributed by atoms with van der Waals surface area (Å²) in [5, 5.41) is 5.41. The summed E-state index contributed by atoms with van der Waals surface area (Å²) in [6.07, 6.45) is 3.06. The highest BCUT2D eigenvalue weighted by atomic mass is 32.1. The number of thiazole rings is 1. The average molecular weight is 401 g/mol. The molecule has 1 aromatic heterocycles. The number of hydrogen-bond acceptors (Lipinski definition) is 5. The summed E-state index contributed by atoms with van der Waals surface area (Å²) in [6.45, 7) is 4.74. The van der Waals surface area contributed by atoms with Gasteiger partial charge in [-0.05, 0) is 24.8 Å². The highest BCUT2D eigenvalue weighted by Crippen LogP contribution is 2.42. The molecule has 2 heterocycles. The number of piperidine rings is 1. The molecule has 7 heteroatoms. The number of aromatic nitrogens is 1. The first-order valence-electron chi connectivity index (χ1n) is 9.79. The Hall–Kier alpha value is -2.41. The fourth-order valence-corrected chi connectivity index (χ4v) is 4.74. The maximum absolute atomic E-state index is 13.0. The highest BCUT2D eigenvalue weighted by Gasteiger charge is 2.41. The smallest absolute Gasteiger partial charge is 0.245 e. The quantitative estimate of drug-likeness (QED) is 0.780. The van der Waals surface area contributed by atoms with E-state index in [-0.39, 0.29) is 17.2 Å². The average Bonchev–Trinajstić information content (AvgIpc) is 3.14. The van der Waals surface area contributed by atoms with Crippen molar-refractivity contribution in [3.05, 3.63) is 47.0 Å². The second-order valence-corrected chi connectivity index (χ2v) is 8.28. The molecule has 0 saturated carbocycles. The lowest BCUT2D eigenvalue weighted by Crippen LogP contribution is -2.52. The van der Waals surface area contributed by atoms with Gasteiger partial charge >= 0.3 is 0 Å². The number of nitrogen functional groups attached to an aromatic ring is 1. The number of carbonyl (C=O) groups is 2. The molecule has 2 aromatic rings. The predicted octanol–water partition coefficient (Wildman–Crippen LogP) is 2.94. The second-order valence-electron chi connectivity index (χ2n) is 7.39. The van der Waals surface area contributed by atoms with Crippen molar-refractivity contribution >= 4 is 28.3 Å². The third-order valence-electron chi connectivity index (χ3n) is 5.52. The van der Waals surface area contributed by atoms with Gasteiger partial charge in [0, 0.05) is 30.8 Å². The Kier molecular flexibility index (Phi) is 6.34. The van der Waals surface area contributed by atoms with Crippen LogP contribution in [0.4, 0.5) is 5.13 Å². The maximum atomic E-state index is 13.0. The zero-order valence-corrected chi connectivity index (χ0v) is 17.3. The van der Waals surface area contributed by atoms with E-state index in [1.165, 1.54) is 23.8 Å².